The average Bonchev–Trinajstić information content (AvgIpc) is 2.50. The summed E-state index contributed by atoms with van der Waals surface area (Å²) in [7, 11) is 0. The second-order valence-corrected chi connectivity index (χ2v) is 4.57. The topological polar surface area (TPSA) is 58.6 Å². The molecule has 6 heteroatoms. The minimum atomic E-state index is -2.92. The summed E-state index contributed by atoms with van der Waals surface area (Å²) >= 11 is 0. The highest BCUT2D eigenvalue weighted by atomic mass is 19.3. The SMILES string of the molecule is O=C(CO)Nc1ccc(OC(F)F)c(Cc2ccccc2)c1. The molecule has 0 heterocycles. The van der Waals surface area contributed by atoms with Crippen molar-refractivity contribution in [1.82, 2.24) is 0 Å². The summed E-state index contributed by atoms with van der Waals surface area (Å²) in [5, 5.41) is 11.2. The molecule has 0 fully saturated rings. The Balaban J connectivity index is 2.28. The molecule has 2 rings (SSSR count). The van der Waals surface area contributed by atoms with Gasteiger partial charge in [0.2, 0.25) is 5.91 Å². The van der Waals surface area contributed by atoms with Crippen LogP contribution in [0.25, 0.3) is 0 Å². The van der Waals surface area contributed by atoms with Crippen LogP contribution in [-0.2, 0) is 11.2 Å². The quantitative estimate of drug-likeness (QED) is 0.863. The van der Waals surface area contributed by atoms with Crippen LogP contribution in [0, 0.1) is 0 Å². The van der Waals surface area contributed by atoms with Crippen molar-refractivity contribution in [3.05, 3.63) is 59.7 Å². The van der Waals surface area contributed by atoms with E-state index in [1.54, 1.807) is 6.07 Å². The largest absolute Gasteiger partial charge is 0.435 e. The molecule has 0 aliphatic rings. The summed E-state index contributed by atoms with van der Waals surface area (Å²) in [5.41, 5.74) is 1.85. The standard InChI is InChI=1S/C16H15F2NO3/c17-16(18)22-14-7-6-13(19-15(21)10-20)9-12(14)8-11-4-2-1-3-5-11/h1-7,9,16,20H,8,10H2,(H,19,21). The van der Waals surface area contributed by atoms with Crippen molar-refractivity contribution in [2.75, 3.05) is 11.9 Å². The molecule has 0 aliphatic heterocycles. The molecule has 0 spiro atoms. The fraction of sp³-hybridized carbons (Fsp3) is 0.188. The molecule has 0 radical (unpaired) electrons. The first-order chi connectivity index (χ1) is 10.6. The maximum absolute atomic E-state index is 12.5. The Morgan fingerprint density at radius 1 is 1.18 bits per heavy atom. The number of hydrogen-bond donors (Lipinski definition) is 2. The molecule has 4 nitrogen and oxygen atoms in total. The first-order valence-corrected chi connectivity index (χ1v) is 6.61. The van der Waals surface area contributed by atoms with Gasteiger partial charge in [-0.05, 0) is 23.8 Å². The van der Waals surface area contributed by atoms with Crippen molar-refractivity contribution in [3.8, 4) is 5.75 Å². The van der Waals surface area contributed by atoms with Crippen LogP contribution in [-0.4, -0.2) is 24.2 Å². The lowest BCUT2D eigenvalue weighted by Gasteiger charge is -2.13. The number of nitrogens with one attached hydrogen (secondary N) is 1. The summed E-state index contributed by atoms with van der Waals surface area (Å²) in [6.07, 6.45) is 0.381. The molecule has 0 aliphatic carbocycles. The maximum Gasteiger partial charge on any atom is 0.387 e. The third kappa shape index (κ3) is 4.53. The number of anilines is 1. The summed E-state index contributed by atoms with van der Waals surface area (Å²) in [6, 6.07) is 13.7. The minimum Gasteiger partial charge on any atom is -0.435 e. The van der Waals surface area contributed by atoms with Gasteiger partial charge in [0.25, 0.3) is 0 Å². The lowest BCUT2D eigenvalue weighted by atomic mass is 10.0. The molecular formula is C16H15F2NO3. The summed E-state index contributed by atoms with van der Waals surface area (Å²) in [4.78, 5) is 11.2. The van der Waals surface area contributed by atoms with Crippen molar-refractivity contribution in [1.29, 1.82) is 0 Å². The number of benzene rings is 2. The molecule has 116 valence electrons. The first kappa shape index (κ1) is 15.9. The Morgan fingerprint density at radius 3 is 2.55 bits per heavy atom. The van der Waals surface area contributed by atoms with E-state index >= 15 is 0 Å². The van der Waals surface area contributed by atoms with Crippen LogP contribution in [0.1, 0.15) is 11.1 Å². The number of ether oxygens (including phenoxy) is 1. The molecule has 1 amide bonds. The monoisotopic (exact) mass is 307 g/mol. The molecule has 0 saturated carbocycles. The van der Waals surface area contributed by atoms with Gasteiger partial charge in [-0.1, -0.05) is 30.3 Å². The molecule has 2 aromatic rings. The molecule has 0 saturated heterocycles. The van der Waals surface area contributed by atoms with Gasteiger partial charge in [0, 0.05) is 17.7 Å². The van der Waals surface area contributed by atoms with Gasteiger partial charge in [0.15, 0.2) is 0 Å². The fourth-order valence-corrected chi connectivity index (χ4v) is 2.02. The Kier molecular flexibility index (Phi) is 5.43. The van der Waals surface area contributed by atoms with Gasteiger partial charge in [0.05, 0.1) is 0 Å². The van der Waals surface area contributed by atoms with E-state index in [0.29, 0.717) is 17.7 Å². The van der Waals surface area contributed by atoms with Gasteiger partial charge in [-0.2, -0.15) is 8.78 Å². The van der Waals surface area contributed by atoms with E-state index in [0.717, 1.165) is 5.56 Å². The second kappa shape index (κ2) is 7.51. The Bertz CT molecular complexity index is 633. The highest BCUT2D eigenvalue weighted by Crippen LogP contribution is 2.27. The number of halogens is 2. The second-order valence-electron chi connectivity index (χ2n) is 4.57. The van der Waals surface area contributed by atoms with E-state index in [2.05, 4.69) is 10.1 Å². The summed E-state index contributed by atoms with van der Waals surface area (Å²) < 4.78 is 29.5. The number of hydrogen-bond acceptors (Lipinski definition) is 3. The highest BCUT2D eigenvalue weighted by molar-refractivity contribution is 5.91. The van der Waals surface area contributed by atoms with Crippen LogP contribution in [0.2, 0.25) is 0 Å². The zero-order chi connectivity index (χ0) is 15.9. The van der Waals surface area contributed by atoms with Crippen molar-refractivity contribution < 1.29 is 23.4 Å². The predicted molar refractivity (Wildman–Crippen MR) is 78.0 cm³/mol. The van der Waals surface area contributed by atoms with Crippen LogP contribution < -0.4 is 10.1 Å². The molecule has 0 bridgehead atoms. The van der Waals surface area contributed by atoms with Gasteiger partial charge in [-0.25, -0.2) is 0 Å². The smallest absolute Gasteiger partial charge is 0.387 e. The lowest BCUT2D eigenvalue weighted by molar-refractivity contribution is -0.118. The van der Waals surface area contributed by atoms with E-state index in [1.165, 1.54) is 12.1 Å². The van der Waals surface area contributed by atoms with Gasteiger partial charge in [0.1, 0.15) is 12.4 Å². The highest BCUT2D eigenvalue weighted by Gasteiger charge is 2.12. The number of carbonyl (C=O) groups is 1. The van der Waals surface area contributed by atoms with E-state index < -0.39 is 19.1 Å². The number of aliphatic hydroxyl groups is 1. The van der Waals surface area contributed by atoms with E-state index in [4.69, 9.17) is 5.11 Å². The molecule has 2 aromatic carbocycles. The third-order valence-electron chi connectivity index (χ3n) is 2.94. The van der Waals surface area contributed by atoms with E-state index in [-0.39, 0.29) is 5.75 Å². The fourth-order valence-electron chi connectivity index (χ4n) is 2.02. The zero-order valence-electron chi connectivity index (χ0n) is 11.6. The molecular weight excluding hydrogens is 292 g/mol. The van der Waals surface area contributed by atoms with Crippen molar-refractivity contribution in [3.63, 3.8) is 0 Å². The third-order valence-corrected chi connectivity index (χ3v) is 2.94. The molecule has 0 aromatic heterocycles. The van der Waals surface area contributed by atoms with Crippen LogP contribution in [0.5, 0.6) is 5.75 Å². The van der Waals surface area contributed by atoms with Gasteiger partial charge in [-0.15, -0.1) is 0 Å². The molecule has 2 N–H and O–H groups in total. The van der Waals surface area contributed by atoms with Crippen molar-refractivity contribution in [2.45, 2.75) is 13.0 Å². The average molecular weight is 307 g/mol. The number of carbonyl (C=O) groups excluding carboxylic acids is 1. The van der Waals surface area contributed by atoms with Crippen LogP contribution in [0.3, 0.4) is 0 Å². The Morgan fingerprint density at radius 2 is 1.91 bits per heavy atom. The lowest BCUT2D eigenvalue weighted by Crippen LogP contribution is -2.15. The van der Waals surface area contributed by atoms with Crippen molar-refractivity contribution >= 4 is 11.6 Å². The molecule has 22 heavy (non-hydrogen) atoms. The first-order valence-electron chi connectivity index (χ1n) is 6.61. The van der Waals surface area contributed by atoms with Crippen LogP contribution in [0.4, 0.5) is 14.5 Å². The maximum atomic E-state index is 12.5. The number of aliphatic hydroxyl groups excluding tert-OH is 1. The predicted octanol–water partition coefficient (Wildman–Crippen LogP) is 2.81. The summed E-state index contributed by atoms with van der Waals surface area (Å²) in [5.74, 6) is -0.519. The van der Waals surface area contributed by atoms with Crippen LogP contribution >= 0.6 is 0 Å². The normalized spacial score (nSPS) is 10.5. The molecule has 0 atom stereocenters. The van der Waals surface area contributed by atoms with E-state index in [9.17, 15) is 13.6 Å². The van der Waals surface area contributed by atoms with Crippen LogP contribution in [0.15, 0.2) is 48.5 Å². The van der Waals surface area contributed by atoms with Gasteiger partial charge >= 0.3 is 6.61 Å². The van der Waals surface area contributed by atoms with Crippen molar-refractivity contribution in [2.24, 2.45) is 0 Å². The van der Waals surface area contributed by atoms with Gasteiger partial charge < -0.3 is 15.2 Å². The Hall–Kier alpha value is -2.47. The van der Waals surface area contributed by atoms with Gasteiger partial charge in [-0.3, -0.25) is 4.79 Å². The summed E-state index contributed by atoms with van der Waals surface area (Å²) in [6.45, 7) is -3.57. The number of rotatable bonds is 6. The number of amides is 1. The zero-order valence-corrected chi connectivity index (χ0v) is 11.6. The molecule has 0 unspecified atom stereocenters. The minimum absolute atomic E-state index is 0.0563. The Labute approximate surface area is 126 Å². The van der Waals surface area contributed by atoms with E-state index in [1.807, 2.05) is 30.3 Å². The number of alkyl halides is 2.